The summed E-state index contributed by atoms with van der Waals surface area (Å²) in [6.07, 6.45) is 3.07. The van der Waals surface area contributed by atoms with Crippen LogP contribution in [-0.2, 0) is 0 Å². The van der Waals surface area contributed by atoms with E-state index in [9.17, 15) is 4.79 Å². The molecule has 0 spiro atoms. The van der Waals surface area contributed by atoms with Gasteiger partial charge < -0.3 is 15.5 Å². The van der Waals surface area contributed by atoms with E-state index in [4.69, 9.17) is 46.4 Å². The molecule has 3 aromatic carbocycles. The fourth-order valence-corrected chi connectivity index (χ4v) is 5.35. The van der Waals surface area contributed by atoms with Crippen LogP contribution in [0.4, 0.5) is 5.69 Å². The van der Waals surface area contributed by atoms with E-state index in [1.165, 1.54) is 5.69 Å². The summed E-state index contributed by atoms with van der Waals surface area (Å²) >= 11 is 24.7. The van der Waals surface area contributed by atoms with Gasteiger partial charge in [-0.1, -0.05) is 70.7 Å². The minimum atomic E-state index is -0.227. The van der Waals surface area contributed by atoms with E-state index in [1.807, 2.05) is 24.3 Å². The van der Waals surface area contributed by atoms with Crippen molar-refractivity contribution in [2.75, 3.05) is 31.5 Å². The number of halogens is 6. The van der Waals surface area contributed by atoms with Crippen molar-refractivity contribution < 1.29 is 4.79 Å². The highest BCUT2D eigenvalue weighted by Gasteiger charge is 2.22. The number of amides is 1. The van der Waals surface area contributed by atoms with Gasteiger partial charge in [0.2, 0.25) is 0 Å². The molecular formula is C28H31Cl6N3O. The third-order valence-electron chi connectivity index (χ3n) is 6.63. The number of carbonyl (C=O) groups excluding carboxylic acids is 1. The molecule has 1 atom stereocenters. The van der Waals surface area contributed by atoms with E-state index < -0.39 is 0 Å². The van der Waals surface area contributed by atoms with Crippen molar-refractivity contribution in [3.8, 4) is 0 Å². The Morgan fingerprint density at radius 3 is 2.24 bits per heavy atom. The molecule has 1 saturated heterocycles. The zero-order valence-corrected chi connectivity index (χ0v) is 25.3. The summed E-state index contributed by atoms with van der Waals surface area (Å²) in [6, 6.07) is 21.4. The molecule has 1 heterocycles. The summed E-state index contributed by atoms with van der Waals surface area (Å²) in [7, 11) is 0. The first-order valence-electron chi connectivity index (χ1n) is 12.1. The summed E-state index contributed by atoms with van der Waals surface area (Å²) in [4.78, 5) is 15.3. The molecule has 3 aromatic rings. The molecule has 4 rings (SSSR count). The number of para-hydroxylation sites is 1. The Hall–Kier alpha value is -1.37. The lowest BCUT2D eigenvalue weighted by Gasteiger charge is -2.33. The average molecular weight is 638 g/mol. The Morgan fingerprint density at radius 1 is 0.868 bits per heavy atom. The molecule has 1 unspecified atom stereocenters. The van der Waals surface area contributed by atoms with Crippen LogP contribution in [0.3, 0.4) is 0 Å². The molecule has 1 amide bonds. The first-order chi connectivity index (χ1) is 17.4. The van der Waals surface area contributed by atoms with Crippen molar-refractivity contribution in [3.05, 3.63) is 97.9 Å². The second kappa shape index (κ2) is 16.0. The minimum absolute atomic E-state index is 0. The van der Waals surface area contributed by atoms with E-state index in [0.717, 1.165) is 44.5 Å². The summed E-state index contributed by atoms with van der Waals surface area (Å²) in [5.74, 6) is -0.149. The average Bonchev–Trinajstić information content (AvgIpc) is 2.87. The van der Waals surface area contributed by atoms with E-state index in [2.05, 4.69) is 39.8 Å². The molecule has 1 aliphatic heterocycles. The van der Waals surface area contributed by atoms with E-state index in [1.54, 1.807) is 18.2 Å². The van der Waals surface area contributed by atoms with Gasteiger partial charge in [0, 0.05) is 42.3 Å². The number of carbonyl (C=O) groups is 1. The summed E-state index contributed by atoms with van der Waals surface area (Å²) in [6.45, 7) is 3.46. The highest BCUT2D eigenvalue weighted by atomic mass is 35.5. The molecule has 0 aliphatic carbocycles. The monoisotopic (exact) mass is 635 g/mol. The summed E-state index contributed by atoms with van der Waals surface area (Å²) in [5, 5.41) is 8.54. The fourth-order valence-electron chi connectivity index (χ4n) is 4.55. The molecule has 4 nitrogen and oxygen atoms in total. The molecule has 0 saturated carbocycles. The molecule has 38 heavy (non-hydrogen) atoms. The number of piperidine rings is 1. The summed E-state index contributed by atoms with van der Waals surface area (Å²) < 4.78 is 0. The zero-order chi connectivity index (χ0) is 25.5. The SMILES string of the molecule is Cl.Cl.O=C(NCC(CCN1CCC(Nc2ccccc2)CC1)c1ccc(Cl)c(Cl)c1)c1ccc(Cl)cc1Cl. The predicted octanol–water partition coefficient (Wildman–Crippen LogP) is 8.62. The van der Waals surface area contributed by atoms with Crippen LogP contribution >= 0.6 is 71.2 Å². The van der Waals surface area contributed by atoms with Gasteiger partial charge in [0.15, 0.2) is 0 Å². The highest BCUT2D eigenvalue weighted by Crippen LogP contribution is 2.29. The van der Waals surface area contributed by atoms with Crippen LogP contribution in [0.5, 0.6) is 0 Å². The maximum atomic E-state index is 12.8. The van der Waals surface area contributed by atoms with Crippen LogP contribution in [0.15, 0.2) is 66.7 Å². The number of rotatable bonds is 9. The van der Waals surface area contributed by atoms with E-state index in [0.29, 0.717) is 38.2 Å². The van der Waals surface area contributed by atoms with Gasteiger partial charge >= 0.3 is 0 Å². The Kier molecular flexibility index (Phi) is 13.9. The standard InChI is InChI=1S/C28H29Cl4N3O.2ClH/c29-21-7-8-24(26(31)17-21)28(36)33-18-20(19-6-9-25(30)27(32)16-19)10-13-35-14-11-23(12-15-35)34-22-4-2-1-3-5-22;;/h1-9,16-17,20,23,34H,10-15,18H2,(H,33,36);2*1H. The number of nitrogens with one attached hydrogen (secondary N) is 2. The number of benzene rings is 3. The first-order valence-corrected chi connectivity index (χ1v) is 13.6. The lowest BCUT2D eigenvalue weighted by molar-refractivity contribution is 0.0950. The molecule has 2 N–H and O–H groups in total. The zero-order valence-electron chi connectivity index (χ0n) is 20.6. The van der Waals surface area contributed by atoms with Gasteiger partial charge in [-0.2, -0.15) is 0 Å². The van der Waals surface area contributed by atoms with Gasteiger partial charge in [0.1, 0.15) is 0 Å². The number of anilines is 1. The Morgan fingerprint density at radius 2 is 1.58 bits per heavy atom. The fraction of sp³-hybridized carbons (Fsp3) is 0.321. The van der Waals surface area contributed by atoms with E-state index >= 15 is 0 Å². The molecule has 1 aliphatic rings. The molecular weight excluding hydrogens is 607 g/mol. The van der Waals surface area contributed by atoms with Gasteiger partial charge in [0.05, 0.1) is 20.6 Å². The van der Waals surface area contributed by atoms with Crippen molar-refractivity contribution in [3.63, 3.8) is 0 Å². The quantitative estimate of drug-likeness (QED) is 0.247. The largest absolute Gasteiger partial charge is 0.382 e. The second-order valence-corrected chi connectivity index (χ2v) is 10.8. The van der Waals surface area contributed by atoms with Gasteiger partial charge in [-0.15, -0.1) is 24.8 Å². The van der Waals surface area contributed by atoms with Crippen LogP contribution in [0.1, 0.15) is 41.1 Å². The van der Waals surface area contributed by atoms with Crippen molar-refractivity contribution in [2.24, 2.45) is 0 Å². The third-order valence-corrected chi connectivity index (χ3v) is 7.91. The normalized spacial score (nSPS) is 14.6. The Labute approximate surface area is 257 Å². The number of hydrogen-bond donors (Lipinski definition) is 2. The van der Waals surface area contributed by atoms with Crippen LogP contribution in [0, 0.1) is 0 Å². The number of nitrogens with zero attached hydrogens (tertiary/aromatic N) is 1. The lowest BCUT2D eigenvalue weighted by Crippen LogP contribution is -2.40. The van der Waals surface area contributed by atoms with Crippen LogP contribution in [0.25, 0.3) is 0 Å². The van der Waals surface area contributed by atoms with Crippen LogP contribution < -0.4 is 10.6 Å². The summed E-state index contributed by atoms with van der Waals surface area (Å²) in [5.41, 5.74) is 2.63. The van der Waals surface area contributed by atoms with E-state index in [-0.39, 0.29) is 36.6 Å². The lowest BCUT2D eigenvalue weighted by atomic mass is 9.94. The molecule has 1 fully saturated rings. The number of likely N-dealkylation sites (tertiary alicyclic amines) is 1. The van der Waals surface area contributed by atoms with Crippen LogP contribution in [-0.4, -0.2) is 43.0 Å². The van der Waals surface area contributed by atoms with Crippen molar-refractivity contribution in [2.45, 2.75) is 31.2 Å². The van der Waals surface area contributed by atoms with Gasteiger partial charge in [-0.3, -0.25) is 4.79 Å². The van der Waals surface area contributed by atoms with Crippen LogP contribution in [0.2, 0.25) is 20.1 Å². The topological polar surface area (TPSA) is 44.4 Å². The Bertz CT molecular complexity index is 1170. The number of hydrogen-bond acceptors (Lipinski definition) is 3. The van der Waals surface area contributed by atoms with Gasteiger partial charge in [-0.25, -0.2) is 0 Å². The molecule has 0 bridgehead atoms. The molecule has 206 valence electrons. The smallest absolute Gasteiger partial charge is 0.252 e. The van der Waals surface area contributed by atoms with Crippen molar-refractivity contribution in [1.82, 2.24) is 10.2 Å². The maximum Gasteiger partial charge on any atom is 0.252 e. The highest BCUT2D eigenvalue weighted by molar-refractivity contribution is 6.42. The van der Waals surface area contributed by atoms with Crippen molar-refractivity contribution >= 4 is 82.8 Å². The van der Waals surface area contributed by atoms with Gasteiger partial charge in [-0.05, 0) is 73.8 Å². The van der Waals surface area contributed by atoms with Gasteiger partial charge in [0.25, 0.3) is 5.91 Å². The first kappa shape index (κ1) is 32.8. The van der Waals surface area contributed by atoms with Crippen molar-refractivity contribution in [1.29, 1.82) is 0 Å². The minimum Gasteiger partial charge on any atom is -0.382 e. The predicted molar refractivity (Wildman–Crippen MR) is 167 cm³/mol. The Balaban J connectivity index is 0.00000253. The molecule has 10 heteroatoms. The molecule has 0 aromatic heterocycles. The third kappa shape index (κ3) is 9.38. The maximum absolute atomic E-state index is 12.8. The molecule has 0 radical (unpaired) electrons. The second-order valence-electron chi connectivity index (χ2n) is 9.12.